The van der Waals surface area contributed by atoms with Gasteiger partial charge in [-0.15, -0.1) is 24.9 Å². The summed E-state index contributed by atoms with van der Waals surface area (Å²) in [4.78, 5) is 49.9. The van der Waals surface area contributed by atoms with E-state index < -0.39 is 28.7 Å². The first kappa shape index (κ1) is 33.2. The van der Waals surface area contributed by atoms with E-state index in [1.165, 1.54) is 0 Å². The zero-order valence-electron chi connectivity index (χ0n) is 26.7. The molecule has 9 heteroatoms. The Labute approximate surface area is 289 Å². The van der Waals surface area contributed by atoms with Crippen LogP contribution < -0.4 is 9.80 Å². The largest absolute Gasteiger partial charge is 0.394 e. The van der Waals surface area contributed by atoms with E-state index >= 15 is 9.59 Å². The Morgan fingerprint density at radius 3 is 2.28 bits per heavy atom. The Morgan fingerprint density at radius 2 is 1.64 bits per heavy atom. The van der Waals surface area contributed by atoms with E-state index in [1.54, 1.807) is 38.6 Å². The first-order valence-electron chi connectivity index (χ1n) is 15.9. The molecule has 3 aromatic rings. The molecule has 0 saturated carbocycles. The topological polar surface area (TPSA) is 81.2 Å². The summed E-state index contributed by atoms with van der Waals surface area (Å²) >= 11 is 5.49. The lowest BCUT2D eigenvalue weighted by Crippen LogP contribution is -2.56. The average molecular weight is 715 g/mol. The lowest BCUT2D eigenvalue weighted by atomic mass is 9.70. The van der Waals surface area contributed by atoms with E-state index in [0.717, 1.165) is 28.1 Å². The minimum absolute atomic E-state index is 0.0973. The maximum atomic E-state index is 15.2. The number of aliphatic hydroxyl groups is 1. The van der Waals surface area contributed by atoms with Gasteiger partial charge in [-0.3, -0.25) is 14.4 Å². The quantitative estimate of drug-likeness (QED) is 0.188. The summed E-state index contributed by atoms with van der Waals surface area (Å²) in [5.41, 5.74) is 4.14. The van der Waals surface area contributed by atoms with Gasteiger partial charge in [0.2, 0.25) is 11.8 Å². The molecular weight excluding hydrogens is 674 g/mol. The highest BCUT2D eigenvalue weighted by Gasteiger charge is 2.76. The molecule has 0 aliphatic carbocycles. The third-order valence-electron chi connectivity index (χ3n) is 9.82. The van der Waals surface area contributed by atoms with Crippen LogP contribution in [0, 0.1) is 25.7 Å². The standard InChI is InChI=1S/C38H40BrN3O4S/c1-5-19-40(27-15-11-8-12-16-27)35(44)31-32-36(45)42(30(23-43)26-13-9-7-10-14-26)34(38(32)22-28(39)33(31)47-38)37(46)41(20-6-2)29-21-24(3)17-18-25(29)4/h5-18,21,28,30-34,43H,1-2,19-20,22-23H2,3-4H3/t28?,30-,31+,32+,33+,34?,38?/m1/s1. The van der Waals surface area contributed by atoms with Crippen LogP contribution in [0.4, 0.5) is 11.4 Å². The first-order chi connectivity index (χ1) is 22.7. The Kier molecular flexibility index (Phi) is 9.52. The number of anilines is 2. The van der Waals surface area contributed by atoms with E-state index in [4.69, 9.17) is 0 Å². The molecule has 6 rings (SSSR count). The van der Waals surface area contributed by atoms with Gasteiger partial charge < -0.3 is 19.8 Å². The summed E-state index contributed by atoms with van der Waals surface area (Å²) < 4.78 is -0.900. The highest BCUT2D eigenvalue weighted by molar-refractivity contribution is 9.09. The molecule has 47 heavy (non-hydrogen) atoms. The number of rotatable bonds is 11. The van der Waals surface area contributed by atoms with E-state index in [9.17, 15) is 9.90 Å². The molecule has 3 unspecified atom stereocenters. The van der Waals surface area contributed by atoms with Gasteiger partial charge in [0.25, 0.3) is 5.91 Å². The number of hydrogen-bond donors (Lipinski definition) is 1. The molecule has 3 aliphatic heterocycles. The Morgan fingerprint density at radius 1 is 1.00 bits per heavy atom. The SMILES string of the molecule is C=CCN(C(=O)[C@H]1[C@H]2C(=O)N([C@H](CO)c3ccccc3)C(C(=O)N(CC=C)c3cc(C)ccc3C)C23CC(Br)[C@@H]1S3)c1ccccc1. The van der Waals surface area contributed by atoms with Gasteiger partial charge in [-0.25, -0.2) is 0 Å². The number of halogens is 1. The Bertz CT molecular complexity index is 1690. The number of fused-ring (bicyclic) bond motifs is 1. The summed E-state index contributed by atoms with van der Waals surface area (Å²) in [7, 11) is 0. The van der Waals surface area contributed by atoms with Gasteiger partial charge in [0.15, 0.2) is 0 Å². The van der Waals surface area contributed by atoms with Crippen molar-refractivity contribution in [1.82, 2.24) is 4.90 Å². The number of aryl methyl sites for hydroxylation is 2. The molecular formula is C38H40BrN3O4S. The van der Waals surface area contributed by atoms with Crippen LogP contribution in [0.1, 0.15) is 29.2 Å². The number of nitrogens with zero attached hydrogens (tertiary/aromatic N) is 3. The molecule has 1 spiro atoms. The van der Waals surface area contributed by atoms with Gasteiger partial charge in [-0.1, -0.05) is 88.7 Å². The van der Waals surface area contributed by atoms with Gasteiger partial charge in [0, 0.05) is 34.5 Å². The monoisotopic (exact) mass is 713 g/mol. The van der Waals surface area contributed by atoms with E-state index in [0.29, 0.717) is 6.42 Å². The normalized spacial score (nSPS) is 26.5. The molecule has 7 atom stereocenters. The molecule has 3 aromatic carbocycles. The number of benzene rings is 3. The number of carbonyl (C=O) groups is 3. The number of aliphatic hydroxyl groups excluding tert-OH is 1. The average Bonchev–Trinajstić information content (AvgIpc) is 3.68. The molecule has 3 aliphatic rings. The lowest BCUT2D eigenvalue weighted by Gasteiger charge is -2.40. The zero-order valence-corrected chi connectivity index (χ0v) is 29.1. The molecule has 244 valence electrons. The first-order valence-corrected chi connectivity index (χ1v) is 17.7. The van der Waals surface area contributed by atoms with Crippen molar-refractivity contribution in [2.75, 3.05) is 29.5 Å². The summed E-state index contributed by atoms with van der Waals surface area (Å²) in [6.07, 6.45) is 3.92. The number of carbonyl (C=O) groups excluding carboxylic acids is 3. The third-order valence-corrected chi connectivity index (χ3v) is 13.0. The van der Waals surface area contributed by atoms with Crippen LogP contribution in [0.2, 0.25) is 0 Å². The Balaban J connectivity index is 1.51. The highest BCUT2D eigenvalue weighted by Crippen LogP contribution is 2.69. The summed E-state index contributed by atoms with van der Waals surface area (Å²) in [6, 6.07) is 23.1. The number of likely N-dealkylation sites (tertiary alicyclic amines) is 1. The van der Waals surface area contributed by atoms with Gasteiger partial charge >= 0.3 is 0 Å². The summed E-state index contributed by atoms with van der Waals surface area (Å²) in [5, 5.41) is 10.7. The molecule has 7 nitrogen and oxygen atoms in total. The number of amides is 3. The van der Waals surface area contributed by atoms with E-state index in [1.807, 2.05) is 92.7 Å². The second kappa shape index (κ2) is 13.5. The summed E-state index contributed by atoms with van der Waals surface area (Å²) in [5.74, 6) is -2.12. The van der Waals surface area contributed by atoms with Crippen LogP contribution in [-0.4, -0.2) is 68.3 Å². The molecule has 3 amide bonds. The maximum absolute atomic E-state index is 15.2. The molecule has 0 aromatic heterocycles. The lowest BCUT2D eigenvalue weighted by molar-refractivity contribution is -0.142. The van der Waals surface area contributed by atoms with Crippen LogP contribution in [0.3, 0.4) is 0 Å². The van der Waals surface area contributed by atoms with Crippen molar-refractivity contribution >= 4 is 56.8 Å². The molecule has 3 fully saturated rings. The van der Waals surface area contributed by atoms with Crippen molar-refractivity contribution in [1.29, 1.82) is 0 Å². The minimum atomic E-state index is -0.936. The second-order valence-corrected chi connectivity index (χ2v) is 15.3. The van der Waals surface area contributed by atoms with Crippen molar-refractivity contribution in [2.24, 2.45) is 11.8 Å². The molecule has 3 saturated heterocycles. The fourth-order valence-corrected chi connectivity index (χ4v) is 11.4. The predicted molar refractivity (Wildman–Crippen MR) is 193 cm³/mol. The molecule has 1 N–H and O–H groups in total. The maximum Gasteiger partial charge on any atom is 0.251 e. The van der Waals surface area contributed by atoms with Crippen molar-refractivity contribution in [3.63, 3.8) is 0 Å². The minimum Gasteiger partial charge on any atom is -0.394 e. The van der Waals surface area contributed by atoms with Crippen LogP contribution in [-0.2, 0) is 14.4 Å². The number of alkyl halides is 1. The van der Waals surface area contributed by atoms with E-state index in [-0.39, 0.29) is 47.5 Å². The number of para-hydroxylation sites is 1. The van der Waals surface area contributed by atoms with Gasteiger partial charge in [-0.2, -0.15) is 0 Å². The fourth-order valence-electron chi connectivity index (χ4n) is 7.83. The highest BCUT2D eigenvalue weighted by atomic mass is 79.9. The molecule has 2 bridgehead atoms. The summed E-state index contributed by atoms with van der Waals surface area (Å²) in [6.45, 7) is 12.0. The van der Waals surface area contributed by atoms with E-state index in [2.05, 4.69) is 29.1 Å². The van der Waals surface area contributed by atoms with Crippen molar-refractivity contribution in [2.45, 2.75) is 47.2 Å². The smallest absolute Gasteiger partial charge is 0.251 e. The van der Waals surface area contributed by atoms with Gasteiger partial charge in [0.1, 0.15) is 6.04 Å². The number of hydrogen-bond acceptors (Lipinski definition) is 5. The fraction of sp³-hybridized carbons (Fsp3) is 0.342. The molecule has 0 radical (unpaired) electrons. The van der Waals surface area contributed by atoms with Crippen LogP contribution >= 0.6 is 27.7 Å². The van der Waals surface area contributed by atoms with Crippen molar-refractivity contribution in [3.05, 3.63) is 121 Å². The van der Waals surface area contributed by atoms with Crippen LogP contribution in [0.15, 0.2) is 104 Å². The Hall–Kier alpha value is -3.66. The van der Waals surface area contributed by atoms with Crippen LogP contribution in [0.5, 0.6) is 0 Å². The molecule has 3 heterocycles. The van der Waals surface area contributed by atoms with Crippen LogP contribution in [0.25, 0.3) is 0 Å². The number of thioether (sulfide) groups is 1. The third kappa shape index (κ3) is 5.56. The van der Waals surface area contributed by atoms with Crippen molar-refractivity contribution < 1.29 is 19.5 Å². The van der Waals surface area contributed by atoms with Gasteiger partial charge in [0.05, 0.1) is 29.2 Å². The van der Waals surface area contributed by atoms with Crippen molar-refractivity contribution in [3.8, 4) is 0 Å². The zero-order chi connectivity index (χ0) is 33.5. The predicted octanol–water partition coefficient (Wildman–Crippen LogP) is 6.24. The second-order valence-electron chi connectivity index (χ2n) is 12.6. The van der Waals surface area contributed by atoms with Gasteiger partial charge in [-0.05, 0) is 55.2 Å².